The van der Waals surface area contributed by atoms with E-state index in [-0.39, 0.29) is 18.8 Å². The van der Waals surface area contributed by atoms with Crippen molar-refractivity contribution in [3.05, 3.63) is 41.6 Å². The number of likely N-dealkylation sites (N-methyl/N-ethyl adjacent to an activating group) is 1. The fourth-order valence-corrected chi connectivity index (χ4v) is 2.65. The minimum absolute atomic E-state index is 0.0440. The van der Waals surface area contributed by atoms with Crippen molar-refractivity contribution in [2.75, 3.05) is 44.7 Å². The number of anilines is 1. The average Bonchev–Trinajstić information content (AvgIpc) is 2.93. The van der Waals surface area contributed by atoms with E-state index >= 15 is 0 Å². The molecule has 1 aromatic rings. The smallest absolute Gasteiger partial charge is 0.338 e. The number of aliphatic hydroxyl groups excluding tert-OH is 1. The van der Waals surface area contributed by atoms with Crippen LogP contribution in [0, 0.1) is 0 Å². The molecule has 146 valence electrons. The number of hydrogen-bond acceptors (Lipinski definition) is 7. The van der Waals surface area contributed by atoms with E-state index in [1.165, 1.54) is 6.08 Å². The van der Waals surface area contributed by atoms with Crippen LogP contribution in [0.1, 0.15) is 24.2 Å². The molecule has 0 aromatic heterocycles. The topological polar surface area (TPSA) is 99.2 Å². The highest BCUT2D eigenvalue weighted by molar-refractivity contribution is 6.17. The van der Waals surface area contributed by atoms with Crippen LogP contribution in [-0.2, 0) is 14.3 Å². The molecule has 2 amide bonds. The molecule has 0 bridgehead atoms. The van der Waals surface area contributed by atoms with Gasteiger partial charge in [-0.15, -0.1) is 0 Å². The Labute approximate surface area is 158 Å². The summed E-state index contributed by atoms with van der Waals surface area (Å²) in [5, 5.41) is 11.8. The van der Waals surface area contributed by atoms with Crippen LogP contribution < -0.4 is 5.32 Å². The summed E-state index contributed by atoms with van der Waals surface area (Å²) in [6.07, 6.45) is 1.19. The summed E-state index contributed by atoms with van der Waals surface area (Å²) in [6.45, 7) is 6.60. The maximum Gasteiger partial charge on any atom is 0.338 e. The van der Waals surface area contributed by atoms with Crippen molar-refractivity contribution in [3.8, 4) is 0 Å². The van der Waals surface area contributed by atoms with E-state index in [9.17, 15) is 14.4 Å². The molecule has 2 N–H and O–H groups in total. The number of imide groups is 1. The molecule has 8 heteroatoms. The fraction of sp³-hybridized carbons (Fsp3) is 0.421. The van der Waals surface area contributed by atoms with Gasteiger partial charge in [-0.1, -0.05) is 13.8 Å². The number of nitrogens with zero attached hydrogens (tertiary/aromatic N) is 2. The summed E-state index contributed by atoms with van der Waals surface area (Å²) in [7, 11) is 0. The van der Waals surface area contributed by atoms with E-state index in [0.717, 1.165) is 18.0 Å². The lowest BCUT2D eigenvalue weighted by molar-refractivity contribution is -0.137. The number of aliphatic hydroxyl groups is 1. The second-order valence-corrected chi connectivity index (χ2v) is 5.94. The molecule has 0 fully saturated rings. The Morgan fingerprint density at radius 3 is 2.44 bits per heavy atom. The second kappa shape index (κ2) is 9.84. The average molecular weight is 375 g/mol. The molecule has 2 rings (SSSR count). The number of β-amino-alcohol motifs (C(OH)–C–C–N with tert-alkyl or cyclic N) is 1. The molecule has 1 heterocycles. The van der Waals surface area contributed by atoms with E-state index in [1.807, 2.05) is 0 Å². The molecule has 27 heavy (non-hydrogen) atoms. The summed E-state index contributed by atoms with van der Waals surface area (Å²) in [4.78, 5) is 39.0. The SMILES string of the molecule is CCN(CC)CCOC(=O)c1ccc(NC2=CC(=O)N(CCO)C2=O)cc1. The summed E-state index contributed by atoms with van der Waals surface area (Å²) >= 11 is 0. The largest absolute Gasteiger partial charge is 0.461 e. The van der Waals surface area contributed by atoms with E-state index in [2.05, 4.69) is 24.1 Å². The van der Waals surface area contributed by atoms with Crippen LogP contribution in [0.2, 0.25) is 0 Å². The van der Waals surface area contributed by atoms with Gasteiger partial charge in [0.1, 0.15) is 12.3 Å². The minimum atomic E-state index is -0.492. The highest BCUT2D eigenvalue weighted by Gasteiger charge is 2.30. The number of hydrogen-bond donors (Lipinski definition) is 2. The molecule has 0 saturated heterocycles. The van der Waals surface area contributed by atoms with Gasteiger partial charge in [0.15, 0.2) is 0 Å². The highest BCUT2D eigenvalue weighted by atomic mass is 16.5. The number of nitrogens with one attached hydrogen (secondary N) is 1. The lowest BCUT2D eigenvalue weighted by atomic mass is 10.2. The molecule has 0 unspecified atom stereocenters. The molecule has 1 aromatic carbocycles. The highest BCUT2D eigenvalue weighted by Crippen LogP contribution is 2.18. The standard InChI is InChI=1S/C19H25N3O5/c1-3-21(4-2)10-12-27-19(26)14-5-7-15(8-6-14)20-16-13-17(24)22(9-11-23)18(16)25/h5-8,13,20,23H,3-4,9-12H2,1-2H3. The zero-order valence-corrected chi connectivity index (χ0v) is 15.6. The predicted molar refractivity (Wildman–Crippen MR) is 100 cm³/mol. The first-order valence-electron chi connectivity index (χ1n) is 8.95. The first kappa shape index (κ1) is 20.6. The maximum absolute atomic E-state index is 12.1. The van der Waals surface area contributed by atoms with Crippen LogP contribution in [0.25, 0.3) is 0 Å². The molecular formula is C19H25N3O5. The Morgan fingerprint density at radius 2 is 1.85 bits per heavy atom. The Balaban J connectivity index is 1.90. The van der Waals surface area contributed by atoms with Gasteiger partial charge in [0.25, 0.3) is 11.8 Å². The lowest BCUT2D eigenvalue weighted by Crippen LogP contribution is -2.34. The van der Waals surface area contributed by atoms with Gasteiger partial charge in [-0.25, -0.2) is 4.79 Å². The number of carbonyl (C=O) groups is 3. The normalized spacial score (nSPS) is 13.9. The van der Waals surface area contributed by atoms with Crippen molar-refractivity contribution in [1.82, 2.24) is 9.80 Å². The van der Waals surface area contributed by atoms with Crippen molar-refractivity contribution < 1.29 is 24.2 Å². The summed E-state index contributed by atoms with van der Waals surface area (Å²) in [6, 6.07) is 6.45. The molecule has 1 aliphatic heterocycles. The summed E-state index contributed by atoms with van der Waals surface area (Å²) in [5.41, 5.74) is 1.10. The number of ether oxygens (including phenoxy) is 1. The number of benzene rings is 1. The Morgan fingerprint density at radius 1 is 1.19 bits per heavy atom. The van der Waals surface area contributed by atoms with Crippen molar-refractivity contribution in [2.45, 2.75) is 13.8 Å². The zero-order chi connectivity index (χ0) is 19.8. The quantitative estimate of drug-likeness (QED) is 0.462. The Kier molecular flexibility index (Phi) is 7.51. The monoisotopic (exact) mass is 375 g/mol. The van der Waals surface area contributed by atoms with Gasteiger partial charge in [-0.3, -0.25) is 14.5 Å². The van der Waals surface area contributed by atoms with E-state index < -0.39 is 17.8 Å². The van der Waals surface area contributed by atoms with E-state index in [0.29, 0.717) is 24.4 Å². The van der Waals surface area contributed by atoms with E-state index in [1.54, 1.807) is 24.3 Å². The third-order valence-electron chi connectivity index (χ3n) is 4.27. The first-order valence-corrected chi connectivity index (χ1v) is 8.95. The lowest BCUT2D eigenvalue weighted by Gasteiger charge is -2.17. The molecule has 0 atom stereocenters. The molecule has 0 aliphatic carbocycles. The third-order valence-corrected chi connectivity index (χ3v) is 4.27. The Hall–Kier alpha value is -2.71. The van der Waals surface area contributed by atoms with Crippen LogP contribution in [0.15, 0.2) is 36.0 Å². The van der Waals surface area contributed by atoms with Crippen molar-refractivity contribution in [3.63, 3.8) is 0 Å². The van der Waals surface area contributed by atoms with Gasteiger partial charge in [0, 0.05) is 18.3 Å². The van der Waals surface area contributed by atoms with Gasteiger partial charge >= 0.3 is 5.97 Å². The summed E-state index contributed by atoms with van der Waals surface area (Å²) < 4.78 is 5.27. The van der Waals surface area contributed by atoms with Crippen molar-refractivity contribution in [1.29, 1.82) is 0 Å². The second-order valence-electron chi connectivity index (χ2n) is 5.94. The molecule has 1 aliphatic rings. The van der Waals surface area contributed by atoms with Gasteiger partial charge < -0.3 is 20.1 Å². The summed E-state index contributed by atoms with van der Waals surface area (Å²) in [5.74, 6) is -1.37. The van der Waals surface area contributed by atoms with Gasteiger partial charge in [0.2, 0.25) is 0 Å². The minimum Gasteiger partial charge on any atom is -0.461 e. The third kappa shape index (κ3) is 5.38. The predicted octanol–water partition coefficient (Wildman–Crippen LogP) is 0.842. The fourth-order valence-electron chi connectivity index (χ4n) is 2.65. The van der Waals surface area contributed by atoms with Crippen molar-refractivity contribution in [2.24, 2.45) is 0 Å². The van der Waals surface area contributed by atoms with Crippen LogP contribution in [0.4, 0.5) is 5.69 Å². The van der Waals surface area contributed by atoms with Crippen LogP contribution >= 0.6 is 0 Å². The van der Waals surface area contributed by atoms with Crippen molar-refractivity contribution >= 4 is 23.5 Å². The number of carbonyl (C=O) groups excluding carboxylic acids is 3. The van der Waals surface area contributed by atoms with Crippen LogP contribution in [-0.4, -0.2) is 72.1 Å². The first-order chi connectivity index (χ1) is 13.0. The van der Waals surface area contributed by atoms with Gasteiger partial charge in [-0.05, 0) is 37.4 Å². The maximum atomic E-state index is 12.1. The number of rotatable bonds is 10. The Bertz CT molecular complexity index is 711. The zero-order valence-electron chi connectivity index (χ0n) is 15.6. The van der Waals surface area contributed by atoms with Gasteiger partial charge in [-0.2, -0.15) is 0 Å². The van der Waals surface area contributed by atoms with Crippen LogP contribution in [0.3, 0.4) is 0 Å². The van der Waals surface area contributed by atoms with Crippen LogP contribution in [0.5, 0.6) is 0 Å². The molecule has 8 nitrogen and oxygen atoms in total. The van der Waals surface area contributed by atoms with Gasteiger partial charge in [0.05, 0.1) is 18.7 Å². The number of amides is 2. The molecule has 0 radical (unpaired) electrons. The molecule has 0 saturated carbocycles. The molecule has 0 spiro atoms. The van der Waals surface area contributed by atoms with E-state index in [4.69, 9.17) is 9.84 Å². The number of esters is 1. The molecular weight excluding hydrogens is 350 g/mol.